The van der Waals surface area contributed by atoms with Crippen molar-refractivity contribution < 1.29 is 4.74 Å². The minimum atomic E-state index is 0.897. The first kappa shape index (κ1) is 12.3. The normalized spacial score (nSPS) is 10.5. The highest BCUT2D eigenvalue weighted by molar-refractivity contribution is 5.21. The van der Waals surface area contributed by atoms with E-state index in [0.29, 0.717) is 0 Å². The predicted molar refractivity (Wildman–Crippen MR) is 65.2 cm³/mol. The number of aryl methyl sites for hydroxylation is 2. The topological polar surface area (TPSA) is 9.23 Å². The molecule has 0 aliphatic heterocycles. The number of unbranched alkanes of at least 4 members (excludes halogenated alkanes) is 1. The van der Waals surface area contributed by atoms with Gasteiger partial charge in [0.25, 0.3) is 0 Å². The van der Waals surface area contributed by atoms with E-state index in [1.807, 2.05) is 0 Å². The molecule has 0 saturated carbocycles. The van der Waals surface area contributed by atoms with Crippen LogP contribution in [0.4, 0.5) is 0 Å². The Hall–Kier alpha value is -0.820. The molecule has 0 saturated heterocycles. The average Bonchev–Trinajstić information content (AvgIpc) is 2.26. The van der Waals surface area contributed by atoms with Crippen LogP contribution in [0, 0.1) is 6.92 Å². The van der Waals surface area contributed by atoms with Crippen LogP contribution in [0.1, 0.15) is 37.3 Å². The fourth-order valence-electron chi connectivity index (χ4n) is 1.48. The van der Waals surface area contributed by atoms with E-state index in [4.69, 9.17) is 4.74 Å². The SMILES string of the molecule is CCCCOCCCc1ccc(C)cc1. The molecule has 1 nitrogen and oxygen atoms in total. The molecule has 1 heteroatoms. The lowest BCUT2D eigenvalue weighted by molar-refractivity contribution is 0.129. The van der Waals surface area contributed by atoms with Gasteiger partial charge in [0.2, 0.25) is 0 Å². The van der Waals surface area contributed by atoms with Crippen LogP contribution in [0.5, 0.6) is 0 Å². The summed E-state index contributed by atoms with van der Waals surface area (Å²) >= 11 is 0. The number of hydrogen-bond acceptors (Lipinski definition) is 1. The standard InChI is InChI=1S/C14H22O/c1-3-4-11-15-12-5-6-14-9-7-13(2)8-10-14/h7-10H,3-6,11-12H2,1-2H3. The summed E-state index contributed by atoms with van der Waals surface area (Å²) in [6.07, 6.45) is 4.67. The summed E-state index contributed by atoms with van der Waals surface area (Å²) in [5.41, 5.74) is 2.75. The van der Waals surface area contributed by atoms with E-state index >= 15 is 0 Å². The van der Waals surface area contributed by atoms with Gasteiger partial charge in [-0.05, 0) is 31.7 Å². The Morgan fingerprint density at radius 3 is 2.33 bits per heavy atom. The highest BCUT2D eigenvalue weighted by atomic mass is 16.5. The minimum absolute atomic E-state index is 0.897. The highest BCUT2D eigenvalue weighted by Gasteiger charge is 1.93. The van der Waals surface area contributed by atoms with Crippen LogP contribution < -0.4 is 0 Å². The molecule has 0 atom stereocenters. The van der Waals surface area contributed by atoms with Gasteiger partial charge in [0.1, 0.15) is 0 Å². The smallest absolute Gasteiger partial charge is 0.0469 e. The molecule has 0 aromatic heterocycles. The summed E-state index contributed by atoms with van der Waals surface area (Å²) in [5, 5.41) is 0. The molecular formula is C14H22O. The molecule has 0 bridgehead atoms. The van der Waals surface area contributed by atoms with Gasteiger partial charge in [0.05, 0.1) is 0 Å². The van der Waals surface area contributed by atoms with E-state index in [0.717, 1.165) is 26.1 Å². The molecule has 1 aromatic rings. The largest absolute Gasteiger partial charge is 0.381 e. The Kier molecular flexibility index (Phi) is 6.10. The predicted octanol–water partition coefficient (Wildman–Crippen LogP) is 3.74. The summed E-state index contributed by atoms with van der Waals surface area (Å²) < 4.78 is 5.52. The minimum Gasteiger partial charge on any atom is -0.381 e. The monoisotopic (exact) mass is 206 g/mol. The second kappa shape index (κ2) is 7.47. The highest BCUT2D eigenvalue weighted by Crippen LogP contribution is 2.05. The molecule has 0 spiro atoms. The Balaban J connectivity index is 2.07. The maximum Gasteiger partial charge on any atom is 0.0469 e. The van der Waals surface area contributed by atoms with Gasteiger partial charge in [-0.1, -0.05) is 43.2 Å². The maximum atomic E-state index is 5.52. The second-order valence-corrected chi connectivity index (χ2v) is 4.06. The van der Waals surface area contributed by atoms with Crippen molar-refractivity contribution >= 4 is 0 Å². The molecule has 0 aliphatic carbocycles. The second-order valence-electron chi connectivity index (χ2n) is 4.06. The van der Waals surface area contributed by atoms with Gasteiger partial charge in [-0.3, -0.25) is 0 Å². The van der Waals surface area contributed by atoms with Crippen LogP contribution in [-0.2, 0) is 11.2 Å². The van der Waals surface area contributed by atoms with Crippen molar-refractivity contribution in [2.45, 2.75) is 39.5 Å². The van der Waals surface area contributed by atoms with Crippen molar-refractivity contribution in [1.82, 2.24) is 0 Å². The fraction of sp³-hybridized carbons (Fsp3) is 0.571. The summed E-state index contributed by atoms with van der Waals surface area (Å²) in [6, 6.07) is 8.77. The van der Waals surface area contributed by atoms with Crippen LogP contribution in [0.15, 0.2) is 24.3 Å². The van der Waals surface area contributed by atoms with Crippen molar-refractivity contribution in [3.05, 3.63) is 35.4 Å². The van der Waals surface area contributed by atoms with Gasteiger partial charge in [-0.25, -0.2) is 0 Å². The molecule has 1 aromatic carbocycles. The summed E-state index contributed by atoms with van der Waals surface area (Å²) in [6.45, 7) is 6.13. The summed E-state index contributed by atoms with van der Waals surface area (Å²) in [7, 11) is 0. The fourth-order valence-corrected chi connectivity index (χ4v) is 1.48. The lowest BCUT2D eigenvalue weighted by atomic mass is 10.1. The molecule has 0 aliphatic rings. The number of hydrogen-bond donors (Lipinski definition) is 0. The van der Waals surface area contributed by atoms with Crippen molar-refractivity contribution in [3.63, 3.8) is 0 Å². The Labute approximate surface area is 93.5 Å². The Morgan fingerprint density at radius 1 is 1.00 bits per heavy atom. The number of benzene rings is 1. The van der Waals surface area contributed by atoms with Gasteiger partial charge in [-0.15, -0.1) is 0 Å². The van der Waals surface area contributed by atoms with E-state index in [9.17, 15) is 0 Å². The molecule has 0 N–H and O–H groups in total. The zero-order chi connectivity index (χ0) is 10.9. The molecule has 0 heterocycles. The lowest BCUT2D eigenvalue weighted by Gasteiger charge is -2.03. The van der Waals surface area contributed by atoms with Gasteiger partial charge in [0, 0.05) is 13.2 Å². The Bertz CT molecular complexity index is 251. The molecule has 0 amide bonds. The van der Waals surface area contributed by atoms with Crippen molar-refractivity contribution in [1.29, 1.82) is 0 Å². The summed E-state index contributed by atoms with van der Waals surface area (Å²) in [5.74, 6) is 0. The third kappa shape index (κ3) is 5.58. The van der Waals surface area contributed by atoms with Crippen LogP contribution in [0.3, 0.4) is 0 Å². The quantitative estimate of drug-likeness (QED) is 0.617. The van der Waals surface area contributed by atoms with Crippen LogP contribution in [0.25, 0.3) is 0 Å². The third-order valence-corrected chi connectivity index (χ3v) is 2.52. The molecule has 0 fully saturated rings. The zero-order valence-electron chi connectivity index (χ0n) is 9.96. The van der Waals surface area contributed by atoms with Gasteiger partial charge in [0.15, 0.2) is 0 Å². The number of rotatable bonds is 7. The van der Waals surface area contributed by atoms with Crippen LogP contribution >= 0.6 is 0 Å². The average molecular weight is 206 g/mol. The third-order valence-electron chi connectivity index (χ3n) is 2.52. The van der Waals surface area contributed by atoms with Crippen LogP contribution in [0.2, 0.25) is 0 Å². The molecular weight excluding hydrogens is 184 g/mol. The molecule has 15 heavy (non-hydrogen) atoms. The first-order valence-corrected chi connectivity index (χ1v) is 5.96. The van der Waals surface area contributed by atoms with E-state index in [1.165, 1.54) is 24.0 Å². The first-order chi connectivity index (χ1) is 7.33. The van der Waals surface area contributed by atoms with E-state index in [2.05, 4.69) is 38.1 Å². The molecule has 0 radical (unpaired) electrons. The van der Waals surface area contributed by atoms with Crippen molar-refractivity contribution in [2.24, 2.45) is 0 Å². The van der Waals surface area contributed by atoms with Gasteiger partial charge < -0.3 is 4.74 Å². The molecule has 1 rings (SSSR count). The zero-order valence-corrected chi connectivity index (χ0v) is 9.96. The lowest BCUT2D eigenvalue weighted by Crippen LogP contribution is -1.98. The molecule has 0 unspecified atom stereocenters. The van der Waals surface area contributed by atoms with E-state index in [-0.39, 0.29) is 0 Å². The van der Waals surface area contributed by atoms with Crippen molar-refractivity contribution in [2.75, 3.05) is 13.2 Å². The molecule has 84 valence electrons. The van der Waals surface area contributed by atoms with Crippen LogP contribution in [-0.4, -0.2) is 13.2 Å². The van der Waals surface area contributed by atoms with E-state index in [1.54, 1.807) is 0 Å². The van der Waals surface area contributed by atoms with E-state index < -0.39 is 0 Å². The first-order valence-electron chi connectivity index (χ1n) is 5.96. The summed E-state index contributed by atoms with van der Waals surface area (Å²) in [4.78, 5) is 0. The Morgan fingerprint density at radius 2 is 1.67 bits per heavy atom. The van der Waals surface area contributed by atoms with Crippen molar-refractivity contribution in [3.8, 4) is 0 Å². The van der Waals surface area contributed by atoms with Gasteiger partial charge in [-0.2, -0.15) is 0 Å². The number of ether oxygens (including phenoxy) is 1. The van der Waals surface area contributed by atoms with Gasteiger partial charge >= 0.3 is 0 Å². The maximum absolute atomic E-state index is 5.52.